The second kappa shape index (κ2) is 16.8. The molecule has 1 aliphatic rings. The smallest absolute Gasteiger partial charge is 0.454 e. The third kappa shape index (κ3) is 19.0. The van der Waals surface area contributed by atoms with Crippen LogP contribution in [-0.2, 0) is 16.1 Å². The van der Waals surface area contributed by atoms with E-state index in [-0.39, 0.29) is 18.9 Å². The maximum Gasteiger partial charge on any atom is 0.905 e. The molecule has 22 heavy (non-hydrogen) atoms. The van der Waals surface area contributed by atoms with E-state index in [1.807, 2.05) is 0 Å². The van der Waals surface area contributed by atoms with E-state index in [2.05, 4.69) is 41.5 Å². The average Bonchev–Trinajstić information content (AvgIpc) is 2.96. The second-order valence-electron chi connectivity index (χ2n) is 6.79. The van der Waals surface area contributed by atoms with Gasteiger partial charge in [0.15, 0.2) is 0 Å². The number of rotatable bonds is 9. The summed E-state index contributed by atoms with van der Waals surface area (Å²) in [6.45, 7) is 17.0. The number of hydrogen-bond acceptors (Lipinski definition) is 4. The van der Waals surface area contributed by atoms with E-state index in [9.17, 15) is 0 Å². The minimum Gasteiger partial charge on any atom is -0.454 e. The molecule has 0 N–H and O–H groups in total. The summed E-state index contributed by atoms with van der Waals surface area (Å²) >= 11 is -1.90. The van der Waals surface area contributed by atoms with Crippen molar-refractivity contribution in [2.45, 2.75) is 54.4 Å². The standard InChI is InChI=1S/C4H8O.3C4H9O.Al.Li/c1-2-4-5-3-1;3*1-4(2)3-5;;/h1-4H2;3*4H,3H2,1-2H3;;/q;3*-1;+3;. The first-order valence-corrected chi connectivity index (χ1v) is 9.75. The van der Waals surface area contributed by atoms with Crippen molar-refractivity contribution in [3.63, 3.8) is 0 Å². The van der Waals surface area contributed by atoms with Crippen LogP contribution in [0.1, 0.15) is 54.4 Å². The fourth-order valence-electron chi connectivity index (χ4n) is 1.47. The summed E-state index contributed by atoms with van der Waals surface area (Å²) in [6.07, 6.45) is 2.56. The van der Waals surface area contributed by atoms with Crippen LogP contribution < -0.4 is 0 Å². The van der Waals surface area contributed by atoms with Gasteiger partial charge in [-0.25, -0.2) is 0 Å². The molecule has 0 aliphatic carbocycles. The van der Waals surface area contributed by atoms with E-state index < -0.39 is 15.1 Å². The minimum atomic E-state index is -1.90. The molecule has 0 spiro atoms. The number of ether oxygens (including phenoxy) is 1. The van der Waals surface area contributed by atoms with Gasteiger partial charge < -0.3 is 16.1 Å². The molecule has 1 fully saturated rings. The molecule has 4 nitrogen and oxygen atoms in total. The van der Waals surface area contributed by atoms with E-state index in [1.54, 1.807) is 0 Å². The molecule has 1 heterocycles. The molecule has 0 aromatic rings. The third-order valence-electron chi connectivity index (χ3n) is 2.52. The van der Waals surface area contributed by atoms with Crippen molar-refractivity contribution in [3.05, 3.63) is 0 Å². The first-order chi connectivity index (χ1) is 9.91. The fourth-order valence-corrected chi connectivity index (χ4v) is 3.38. The quantitative estimate of drug-likeness (QED) is 0.609. The predicted molar refractivity (Wildman–Crippen MR) is 93.9 cm³/mol. The van der Waals surface area contributed by atoms with Gasteiger partial charge in [-0.1, -0.05) is 41.5 Å². The predicted octanol–water partition coefficient (Wildman–Crippen LogP) is 3.41. The summed E-state index contributed by atoms with van der Waals surface area (Å²) in [7, 11) is 0. The molecule has 1 radical (unpaired) electrons. The molecule has 0 bridgehead atoms. The van der Waals surface area contributed by atoms with Crippen molar-refractivity contribution in [3.8, 4) is 0 Å². The zero-order chi connectivity index (χ0) is 16.1. The Labute approximate surface area is 155 Å². The Hall–Kier alpha value is 0.970. The molecule has 1 rings (SSSR count). The summed E-state index contributed by atoms with van der Waals surface area (Å²) in [5, 5.41) is 0. The van der Waals surface area contributed by atoms with Crippen molar-refractivity contribution in [1.82, 2.24) is 0 Å². The number of hydrogen-bond donors (Lipinski definition) is 0. The van der Waals surface area contributed by atoms with Crippen LogP contribution in [0.15, 0.2) is 0 Å². The van der Waals surface area contributed by atoms with E-state index in [0.717, 1.165) is 33.0 Å². The van der Waals surface area contributed by atoms with E-state index in [4.69, 9.17) is 16.1 Å². The molecule has 0 atom stereocenters. The van der Waals surface area contributed by atoms with Crippen LogP contribution in [0, 0.1) is 17.8 Å². The van der Waals surface area contributed by atoms with Crippen LogP contribution in [0.2, 0.25) is 0 Å². The molecule has 0 unspecified atom stereocenters. The van der Waals surface area contributed by atoms with Gasteiger partial charge in [-0.15, -0.1) is 0 Å². The van der Waals surface area contributed by atoms with Gasteiger partial charge in [-0.2, -0.15) is 0 Å². The van der Waals surface area contributed by atoms with Crippen molar-refractivity contribution in [2.75, 3.05) is 33.0 Å². The Balaban J connectivity index is 0. The second-order valence-corrected chi connectivity index (χ2v) is 8.37. The van der Waals surface area contributed by atoms with Gasteiger partial charge in [0, 0.05) is 51.9 Å². The summed E-state index contributed by atoms with van der Waals surface area (Å²) in [5.41, 5.74) is 0. The Bertz CT molecular complexity index is 188. The van der Waals surface area contributed by atoms with Gasteiger partial charge in [0.25, 0.3) is 0 Å². The van der Waals surface area contributed by atoms with Crippen molar-refractivity contribution in [1.29, 1.82) is 0 Å². The monoisotopic (exact) mass is 325 g/mol. The van der Waals surface area contributed by atoms with Gasteiger partial charge in [0.2, 0.25) is 0 Å². The van der Waals surface area contributed by atoms with Crippen LogP contribution in [-0.4, -0.2) is 67.0 Å². The summed E-state index contributed by atoms with van der Waals surface area (Å²) in [6, 6.07) is 0. The van der Waals surface area contributed by atoms with E-state index in [0.29, 0.717) is 17.8 Å². The van der Waals surface area contributed by atoms with Crippen LogP contribution in [0.5, 0.6) is 0 Å². The molecular weight excluding hydrogens is 290 g/mol. The zero-order valence-electron chi connectivity index (χ0n) is 15.9. The van der Waals surface area contributed by atoms with Crippen LogP contribution in [0.25, 0.3) is 0 Å². The molecule has 0 amide bonds. The van der Waals surface area contributed by atoms with Crippen molar-refractivity contribution in [2.24, 2.45) is 17.8 Å². The summed E-state index contributed by atoms with van der Waals surface area (Å²) < 4.78 is 22.0. The topological polar surface area (TPSA) is 36.9 Å². The Morgan fingerprint density at radius 3 is 1.23 bits per heavy atom. The van der Waals surface area contributed by atoms with Crippen molar-refractivity contribution >= 4 is 34.0 Å². The van der Waals surface area contributed by atoms with Gasteiger partial charge >= 0.3 is 15.1 Å². The van der Waals surface area contributed by atoms with Crippen molar-refractivity contribution < 1.29 is 16.1 Å². The van der Waals surface area contributed by atoms with E-state index in [1.165, 1.54) is 12.8 Å². The molecule has 127 valence electrons. The molecule has 1 aliphatic heterocycles. The molecule has 0 aromatic heterocycles. The van der Waals surface area contributed by atoms with E-state index >= 15 is 0 Å². The minimum absolute atomic E-state index is 0. The van der Waals surface area contributed by atoms with Gasteiger partial charge in [-0.3, -0.25) is 0 Å². The van der Waals surface area contributed by atoms with Gasteiger partial charge in [0.1, 0.15) is 0 Å². The first kappa shape index (κ1) is 25.2. The normalized spacial score (nSPS) is 14.0. The Morgan fingerprint density at radius 1 is 0.727 bits per heavy atom. The Morgan fingerprint density at radius 2 is 1.05 bits per heavy atom. The van der Waals surface area contributed by atoms with Crippen LogP contribution in [0.3, 0.4) is 0 Å². The first-order valence-electron chi connectivity index (χ1n) is 8.34. The molecule has 1 saturated heterocycles. The molecular formula is C16H35AlLiO4. The summed E-state index contributed by atoms with van der Waals surface area (Å²) in [5.74, 6) is 1.58. The maximum absolute atomic E-state index is 5.70. The van der Waals surface area contributed by atoms with Crippen LogP contribution >= 0.6 is 0 Å². The summed E-state index contributed by atoms with van der Waals surface area (Å²) in [4.78, 5) is 0. The molecule has 6 heteroatoms. The Kier molecular flexibility index (Phi) is 19.3. The third-order valence-corrected chi connectivity index (χ3v) is 3.92. The molecule has 0 saturated carbocycles. The van der Waals surface area contributed by atoms with Gasteiger partial charge in [-0.05, 0) is 30.6 Å². The maximum atomic E-state index is 5.70. The SMILES string of the molecule is C1CCOC1.CC(C)C[O][Al]([O]CC(C)C)[O]CC(C)C.[Li]. The zero-order valence-corrected chi connectivity index (χ0v) is 17.0. The largest absolute Gasteiger partial charge is 0.905 e. The molecule has 0 aromatic carbocycles. The average molecular weight is 325 g/mol. The fraction of sp³-hybridized carbons (Fsp3) is 1.00. The van der Waals surface area contributed by atoms with Crippen LogP contribution in [0.4, 0.5) is 0 Å². The van der Waals surface area contributed by atoms with Gasteiger partial charge in [0.05, 0.1) is 0 Å².